The molecule has 1 fully saturated rings. The molecule has 1 saturated heterocycles. The van der Waals surface area contributed by atoms with Crippen LogP contribution >= 0.6 is 0 Å². The number of benzene rings is 1. The normalized spacial score (nSPS) is 24.7. The van der Waals surface area contributed by atoms with Crippen LogP contribution in [-0.4, -0.2) is 16.8 Å². The predicted molar refractivity (Wildman–Crippen MR) is 58.3 cm³/mol. The minimum absolute atomic E-state index is 0.348. The van der Waals surface area contributed by atoms with Crippen LogP contribution in [0.25, 0.3) is 0 Å². The van der Waals surface area contributed by atoms with Crippen LogP contribution in [0.4, 0.5) is 0 Å². The zero-order chi connectivity index (χ0) is 10.3. The number of rotatable bonds is 0. The molecule has 2 heterocycles. The Balaban J connectivity index is 1.95. The molecule has 0 bridgehead atoms. The van der Waals surface area contributed by atoms with E-state index in [0.717, 1.165) is 25.8 Å². The highest BCUT2D eigenvalue weighted by Gasteiger charge is 2.31. The largest absolute Gasteiger partial charge is 0.335 e. The van der Waals surface area contributed by atoms with Crippen LogP contribution in [0.2, 0.25) is 0 Å². The van der Waals surface area contributed by atoms with E-state index >= 15 is 0 Å². The van der Waals surface area contributed by atoms with Gasteiger partial charge in [0.1, 0.15) is 0 Å². The van der Waals surface area contributed by atoms with E-state index in [9.17, 15) is 4.79 Å². The summed E-state index contributed by atoms with van der Waals surface area (Å²) in [6.45, 7) is 0.833. The zero-order valence-electron chi connectivity index (χ0n) is 8.78. The van der Waals surface area contributed by atoms with Gasteiger partial charge in [-0.3, -0.25) is 4.79 Å². The Labute approximate surface area is 89.9 Å². The average molecular weight is 201 g/mol. The molecule has 78 valence electrons. The number of carbonyl (C=O) groups is 1. The Kier molecular flexibility index (Phi) is 2.01. The van der Waals surface area contributed by atoms with Gasteiger partial charge in [-0.05, 0) is 30.4 Å². The lowest BCUT2D eigenvalue weighted by molar-refractivity contribution is -0.137. The molecule has 2 aliphatic rings. The van der Waals surface area contributed by atoms with Gasteiger partial charge in [-0.25, -0.2) is 0 Å². The first-order valence-corrected chi connectivity index (χ1v) is 5.71. The van der Waals surface area contributed by atoms with E-state index in [-0.39, 0.29) is 0 Å². The molecule has 3 rings (SSSR count). The van der Waals surface area contributed by atoms with E-state index in [1.54, 1.807) is 0 Å². The van der Waals surface area contributed by atoms with Gasteiger partial charge in [0.25, 0.3) is 0 Å². The maximum absolute atomic E-state index is 11.8. The van der Waals surface area contributed by atoms with E-state index in [0.29, 0.717) is 11.9 Å². The van der Waals surface area contributed by atoms with Crippen LogP contribution in [0.3, 0.4) is 0 Å². The molecule has 0 spiro atoms. The molecule has 1 aromatic rings. The van der Waals surface area contributed by atoms with Gasteiger partial charge in [0.05, 0.1) is 0 Å². The molecular weight excluding hydrogens is 186 g/mol. The molecule has 0 N–H and O–H groups in total. The first-order valence-electron chi connectivity index (χ1n) is 5.71. The van der Waals surface area contributed by atoms with E-state index in [1.807, 2.05) is 0 Å². The summed E-state index contributed by atoms with van der Waals surface area (Å²) < 4.78 is 0. The Hall–Kier alpha value is -1.31. The van der Waals surface area contributed by atoms with Crippen LogP contribution in [0, 0.1) is 0 Å². The smallest absolute Gasteiger partial charge is 0.223 e. The summed E-state index contributed by atoms with van der Waals surface area (Å²) in [6.07, 6.45) is 4.06. The van der Waals surface area contributed by atoms with E-state index in [1.165, 1.54) is 17.5 Å². The monoisotopic (exact) mass is 201 g/mol. The summed E-state index contributed by atoms with van der Waals surface area (Å²) in [4.78, 5) is 13.8. The first kappa shape index (κ1) is 8.96. The van der Waals surface area contributed by atoms with E-state index in [4.69, 9.17) is 0 Å². The molecule has 0 radical (unpaired) electrons. The second kappa shape index (κ2) is 3.37. The van der Waals surface area contributed by atoms with Gasteiger partial charge in [-0.2, -0.15) is 0 Å². The summed E-state index contributed by atoms with van der Waals surface area (Å²) in [7, 11) is 0. The van der Waals surface area contributed by atoms with Crippen molar-refractivity contribution in [2.75, 3.05) is 0 Å². The number of hydrogen-bond donors (Lipinski definition) is 0. The van der Waals surface area contributed by atoms with Crippen molar-refractivity contribution in [3.05, 3.63) is 35.4 Å². The number of fused-ring (bicyclic) bond motifs is 2. The Bertz CT molecular complexity index is 399. The molecule has 0 aliphatic carbocycles. The maximum atomic E-state index is 11.8. The maximum Gasteiger partial charge on any atom is 0.223 e. The lowest BCUT2D eigenvalue weighted by Gasteiger charge is -2.40. The van der Waals surface area contributed by atoms with Crippen LogP contribution in [0.15, 0.2) is 24.3 Å². The molecule has 2 nitrogen and oxygen atoms in total. The van der Waals surface area contributed by atoms with E-state index in [2.05, 4.69) is 29.2 Å². The van der Waals surface area contributed by atoms with Crippen LogP contribution < -0.4 is 0 Å². The molecule has 2 aliphatic heterocycles. The van der Waals surface area contributed by atoms with Crippen LogP contribution in [0.5, 0.6) is 0 Å². The first-order chi connectivity index (χ1) is 7.34. The topological polar surface area (TPSA) is 20.3 Å². The van der Waals surface area contributed by atoms with Gasteiger partial charge in [0.2, 0.25) is 5.91 Å². The number of carbonyl (C=O) groups excluding carboxylic acids is 1. The highest BCUT2D eigenvalue weighted by molar-refractivity contribution is 5.77. The number of piperidine rings is 1. The molecular formula is C13H15NO. The van der Waals surface area contributed by atoms with E-state index < -0.39 is 0 Å². The van der Waals surface area contributed by atoms with Gasteiger partial charge in [0, 0.05) is 19.0 Å². The Morgan fingerprint density at radius 3 is 2.87 bits per heavy atom. The Morgan fingerprint density at radius 2 is 2.00 bits per heavy atom. The fourth-order valence-electron chi connectivity index (χ4n) is 2.77. The third-order valence-electron chi connectivity index (χ3n) is 3.60. The zero-order valence-corrected chi connectivity index (χ0v) is 8.78. The molecule has 1 amide bonds. The predicted octanol–water partition coefficient (Wildman–Crippen LogP) is 2.12. The van der Waals surface area contributed by atoms with Gasteiger partial charge in [-0.15, -0.1) is 0 Å². The second-order valence-electron chi connectivity index (χ2n) is 4.54. The van der Waals surface area contributed by atoms with Gasteiger partial charge in [0.15, 0.2) is 0 Å². The van der Waals surface area contributed by atoms with Crippen LogP contribution in [0.1, 0.15) is 30.4 Å². The Morgan fingerprint density at radius 1 is 1.20 bits per heavy atom. The van der Waals surface area contributed by atoms with Crippen molar-refractivity contribution in [1.82, 2.24) is 4.90 Å². The summed E-state index contributed by atoms with van der Waals surface area (Å²) in [5, 5.41) is 0. The van der Waals surface area contributed by atoms with Crippen molar-refractivity contribution >= 4 is 5.91 Å². The standard InChI is InChI=1S/C13H15NO/c15-13-7-3-6-12-8-10-4-1-2-5-11(10)9-14(12)13/h1-2,4-5,12H,3,6-9H2. The average Bonchev–Trinajstić information content (AvgIpc) is 2.27. The molecule has 1 aromatic carbocycles. The van der Waals surface area contributed by atoms with Crippen molar-refractivity contribution in [1.29, 1.82) is 0 Å². The van der Waals surface area contributed by atoms with Gasteiger partial charge >= 0.3 is 0 Å². The summed E-state index contributed by atoms with van der Waals surface area (Å²) in [6, 6.07) is 8.98. The quantitative estimate of drug-likeness (QED) is 0.629. The number of nitrogens with zero attached hydrogens (tertiary/aromatic N) is 1. The van der Waals surface area contributed by atoms with Crippen molar-refractivity contribution in [3.8, 4) is 0 Å². The minimum atomic E-state index is 0.348. The second-order valence-corrected chi connectivity index (χ2v) is 4.54. The number of hydrogen-bond acceptors (Lipinski definition) is 1. The highest BCUT2D eigenvalue weighted by Crippen LogP contribution is 2.29. The summed E-state index contributed by atoms with van der Waals surface area (Å²) in [5.41, 5.74) is 2.78. The molecule has 1 atom stereocenters. The van der Waals surface area contributed by atoms with Crippen molar-refractivity contribution in [2.45, 2.75) is 38.3 Å². The van der Waals surface area contributed by atoms with Crippen molar-refractivity contribution < 1.29 is 4.79 Å². The third kappa shape index (κ3) is 1.44. The lowest BCUT2D eigenvalue weighted by atomic mass is 9.88. The molecule has 0 aromatic heterocycles. The minimum Gasteiger partial charge on any atom is -0.335 e. The fourth-order valence-corrected chi connectivity index (χ4v) is 2.77. The summed E-state index contributed by atoms with van der Waals surface area (Å²) in [5.74, 6) is 0.348. The number of amides is 1. The molecule has 0 saturated carbocycles. The van der Waals surface area contributed by atoms with Crippen LogP contribution in [-0.2, 0) is 17.8 Å². The van der Waals surface area contributed by atoms with Crippen molar-refractivity contribution in [3.63, 3.8) is 0 Å². The SMILES string of the molecule is O=C1CCCC2Cc3ccccc3CN12. The molecule has 1 unspecified atom stereocenters. The lowest BCUT2D eigenvalue weighted by Crippen LogP contribution is -2.46. The molecule has 15 heavy (non-hydrogen) atoms. The fraction of sp³-hybridized carbons (Fsp3) is 0.462. The summed E-state index contributed by atoms with van der Waals surface area (Å²) >= 11 is 0. The third-order valence-corrected chi connectivity index (χ3v) is 3.60. The van der Waals surface area contributed by atoms with Gasteiger partial charge in [-0.1, -0.05) is 24.3 Å². The highest BCUT2D eigenvalue weighted by atomic mass is 16.2. The molecule has 2 heteroatoms. The van der Waals surface area contributed by atoms with Crippen molar-refractivity contribution in [2.24, 2.45) is 0 Å². The van der Waals surface area contributed by atoms with Gasteiger partial charge < -0.3 is 4.90 Å².